The molecule has 0 bridgehead atoms. The van der Waals surface area contributed by atoms with Crippen molar-refractivity contribution in [1.29, 1.82) is 0 Å². The van der Waals surface area contributed by atoms with Gasteiger partial charge in [-0.15, -0.1) is 0 Å². The fraction of sp³-hybridized carbons (Fsp3) is 0.143. The number of methoxy groups -OCH3 is 1. The van der Waals surface area contributed by atoms with E-state index < -0.39 is 0 Å². The summed E-state index contributed by atoms with van der Waals surface area (Å²) in [5, 5.41) is 0. The van der Waals surface area contributed by atoms with Crippen LogP contribution in [0.2, 0.25) is 0 Å². The molecule has 3 heteroatoms. The Morgan fingerprint density at radius 2 is 2.18 bits per heavy atom. The minimum Gasteiger partial charge on any atom is -0.465 e. The number of carbonyl (C=O) groups excluding carboxylic acids is 1. The van der Waals surface area contributed by atoms with E-state index in [0.717, 1.165) is 22.5 Å². The second kappa shape index (κ2) is 3.70. The van der Waals surface area contributed by atoms with Crippen LogP contribution in [0.25, 0.3) is 5.57 Å². The van der Waals surface area contributed by atoms with Crippen LogP contribution < -0.4 is 0 Å². The molecular formula is C14H11NO2. The molecule has 3 rings (SSSR count). The number of hydrogen-bond donors (Lipinski definition) is 0. The molecule has 1 aromatic rings. The number of hydrogen-bond acceptors (Lipinski definition) is 3. The predicted molar refractivity (Wildman–Crippen MR) is 66.2 cm³/mol. The summed E-state index contributed by atoms with van der Waals surface area (Å²) in [6.45, 7) is 0. The smallest absolute Gasteiger partial charge is 0.337 e. The number of benzene rings is 1. The normalized spacial score (nSPS) is 16.4. The Labute approximate surface area is 99.1 Å². The van der Waals surface area contributed by atoms with Gasteiger partial charge >= 0.3 is 5.97 Å². The van der Waals surface area contributed by atoms with Gasteiger partial charge in [0.2, 0.25) is 0 Å². The van der Waals surface area contributed by atoms with E-state index >= 15 is 0 Å². The Morgan fingerprint density at radius 3 is 3.00 bits per heavy atom. The topological polar surface area (TPSA) is 38.7 Å². The molecule has 1 aromatic carbocycles. The third-order valence-corrected chi connectivity index (χ3v) is 3.00. The average Bonchev–Trinajstić information content (AvgIpc) is 2.75. The van der Waals surface area contributed by atoms with Gasteiger partial charge in [-0.05, 0) is 12.1 Å². The standard InChI is InChI=1S/C14H11NO2/c1-17-14(16)9-6-7-13-11(8-9)10-4-2-3-5-12(10)15-13/h2-6,8H,7H2,1H3. The van der Waals surface area contributed by atoms with Gasteiger partial charge in [0.15, 0.2) is 0 Å². The number of aliphatic imine (C=N–C) groups is 1. The predicted octanol–water partition coefficient (Wildman–Crippen LogP) is 2.66. The summed E-state index contributed by atoms with van der Waals surface area (Å²) < 4.78 is 4.73. The molecule has 1 heterocycles. The first kappa shape index (κ1) is 10.0. The number of esters is 1. The van der Waals surface area contributed by atoms with Gasteiger partial charge in [-0.2, -0.15) is 0 Å². The Morgan fingerprint density at radius 1 is 1.35 bits per heavy atom. The number of nitrogens with zero attached hydrogens (tertiary/aromatic N) is 1. The zero-order valence-electron chi connectivity index (χ0n) is 9.43. The molecule has 1 aliphatic carbocycles. The summed E-state index contributed by atoms with van der Waals surface area (Å²) in [5.74, 6) is -0.291. The molecule has 17 heavy (non-hydrogen) atoms. The first-order valence-corrected chi connectivity index (χ1v) is 5.47. The monoisotopic (exact) mass is 225 g/mol. The van der Waals surface area contributed by atoms with Crippen LogP contribution in [0.4, 0.5) is 5.69 Å². The van der Waals surface area contributed by atoms with Crippen LogP contribution in [0.5, 0.6) is 0 Å². The van der Waals surface area contributed by atoms with Gasteiger partial charge in [0.25, 0.3) is 0 Å². The number of para-hydroxylation sites is 1. The molecule has 0 unspecified atom stereocenters. The number of rotatable bonds is 1. The summed E-state index contributed by atoms with van der Waals surface area (Å²) in [6.07, 6.45) is 4.41. The Bertz CT molecular complexity index is 594. The molecule has 1 aliphatic heterocycles. The highest BCUT2D eigenvalue weighted by Crippen LogP contribution is 2.38. The van der Waals surface area contributed by atoms with Crippen LogP contribution in [0.1, 0.15) is 12.0 Å². The van der Waals surface area contributed by atoms with Gasteiger partial charge in [-0.1, -0.05) is 24.3 Å². The van der Waals surface area contributed by atoms with Crippen molar-refractivity contribution in [1.82, 2.24) is 0 Å². The van der Waals surface area contributed by atoms with Crippen molar-refractivity contribution in [3.63, 3.8) is 0 Å². The van der Waals surface area contributed by atoms with E-state index in [4.69, 9.17) is 4.74 Å². The van der Waals surface area contributed by atoms with E-state index in [1.807, 2.05) is 36.4 Å². The van der Waals surface area contributed by atoms with Crippen molar-refractivity contribution in [3.05, 3.63) is 47.6 Å². The largest absolute Gasteiger partial charge is 0.465 e. The van der Waals surface area contributed by atoms with Crippen molar-refractivity contribution in [2.75, 3.05) is 7.11 Å². The molecule has 0 saturated heterocycles. The van der Waals surface area contributed by atoms with E-state index in [1.165, 1.54) is 7.11 Å². The van der Waals surface area contributed by atoms with E-state index in [9.17, 15) is 4.79 Å². The van der Waals surface area contributed by atoms with Crippen molar-refractivity contribution >= 4 is 22.9 Å². The molecule has 0 radical (unpaired) electrons. The molecule has 0 aromatic heterocycles. The summed E-state index contributed by atoms with van der Waals surface area (Å²) in [7, 11) is 1.40. The summed E-state index contributed by atoms with van der Waals surface area (Å²) >= 11 is 0. The third kappa shape index (κ3) is 1.51. The quantitative estimate of drug-likeness (QED) is 0.689. The molecule has 0 saturated carbocycles. The van der Waals surface area contributed by atoms with Crippen molar-refractivity contribution in [2.24, 2.45) is 4.99 Å². The molecule has 0 N–H and O–H groups in total. The van der Waals surface area contributed by atoms with Crippen molar-refractivity contribution in [2.45, 2.75) is 6.42 Å². The van der Waals surface area contributed by atoms with E-state index in [-0.39, 0.29) is 5.97 Å². The van der Waals surface area contributed by atoms with E-state index in [1.54, 1.807) is 0 Å². The third-order valence-electron chi connectivity index (χ3n) is 3.00. The Hall–Kier alpha value is -2.16. The lowest BCUT2D eigenvalue weighted by atomic mass is 9.94. The van der Waals surface area contributed by atoms with Crippen LogP contribution >= 0.6 is 0 Å². The fourth-order valence-electron chi connectivity index (χ4n) is 2.16. The molecule has 84 valence electrons. The summed E-state index contributed by atoms with van der Waals surface area (Å²) in [5.41, 5.74) is 4.76. The highest BCUT2D eigenvalue weighted by molar-refractivity contribution is 6.31. The lowest BCUT2D eigenvalue weighted by molar-refractivity contribution is -0.135. The lowest BCUT2D eigenvalue weighted by Gasteiger charge is -2.10. The highest BCUT2D eigenvalue weighted by Gasteiger charge is 2.24. The first-order valence-electron chi connectivity index (χ1n) is 5.47. The van der Waals surface area contributed by atoms with Crippen LogP contribution in [0.15, 0.2) is 47.0 Å². The maximum atomic E-state index is 11.5. The number of ether oxygens (including phenoxy) is 1. The van der Waals surface area contributed by atoms with Gasteiger partial charge in [0.1, 0.15) is 0 Å². The molecule has 0 atom stereocenters. The number of fused-ring (bicyclic) bond motifs is 3. The molecule has 0 fully saturated rings. The van der Waals surface area contributed by atoms with Crippen molar-refractivity contribution in [3.8, 4) is 0 Å². The van der Waals surface area contributed by atoms with Crippen LogP contribution in [-0.4, -0.2) is 18.8 Å². The molecular weight excluding hydrogens is 214 g/mol. The number of carbonyl (C=O) groups is 1. The molecule has 2 aliphatic rings. The van der Waals surface area contributed by atoms with Crippen LogP contribution in [-0.2, 0) is 9.53 Å². The van der Waals surface area contributed by atoms with Crippen LogP contribution in [0, 0.1) is 0 Å². The molecule has 0 amide bonds. The lowest BCUT2D eigenvalue weighted by Crippen LogP contribution is -2.09. The second-order valence-corrected chi connectivity index (χ2v) is 3.99. The minimum absolute atomic E-state index is 0.291. The van der Waals surface area contributed by atoms with Gasteiger partial charge in [0, 0.05) is 17.6 Å². The SMILES string of the molecule is COC(=O)C1=CCC2=Nc3ccccc3C2=C1. The number of allylic oxidation sites excluding steroid dienone is 2. The van der Waals surface area contributed by atoms with Gasteiger partial charge in [-0.25, -0.2) is 4.79 Å². The van der Waals surface area contributed by atoms with Gasteiger partial charge in [-0.3, -0.25) is 4.99 Å². The van der Waals surface area contributed by atoms with Gasteiger partial charge < -0.3 is 4.74 Å². The summed E-state index contributed by atoms with van der Waals surface area (Å²) in [6, 6.07) is 7.96. The fourth-order valence-corrected chi connectivity index (χ4v) is 2.16. The zero-order valence-corrected chi connectivity index (χ0v) is 9.43. The minimum atomic E-state index is -0.291. The van der Waals surface area contributed by atoms with Gasteiger partial charge in [0.05, 0.1) is 24.1 Å². The van der Waals surface area contributed by atoms with Crippen molar-refractivity contribution < 1.29 is 9.53 Å². The van der Waals surface area contributed by atoms with E-state index in [2.05, 4.69) is 4.99 Å². The molecule has 0 spiro atoms. The highest BCUT2D eigenvalue weighted by atomic mass is 16.5. The second-order valence-electron chi connectivity index (χ2n) is 3.99. The average molecular weight is 225 g/mol. The maximum Gasteiger partial charge on any atom is 0.337 e. The molecule has 3 nitrogen and oxygen atoms in total. The maximum absolute atomic E-state index is 11.5. The summed E-state index contributed by atoms with van der Waals surface area (Å²) in [4.78, 5) is 16.0. The Balaban J connectivity index is 2.07. The van der Waals surface area contributed by atoms with E-state index in [0.29, 0.717) is 12.0 Å². The zero-order chi connectivity index (χ0) is 11.8. The van der Waals surface area contributed by atoms with Crippen LogP contribution in [0.3, 0.4) is 0 Å². The first-order chi connectivity index (χ1) is 8.29. The Kier molecular flexibility index (Phi) is 2.18.